The molecule has 0 unspecified atom stereocenters. The molecule has 1 aliphatic heterocycles. The van der Waals surface area contributed by atoms with E-state index in [4.69, 9.17) is 26.8 Å². The predicted octanol–water partition coefficient (Wildman–Crippen LogP) is 3.39. The van der Waals surface area contributed by atoms with Gasteiger partial charge in [-0.25, -0.2) is 4.68 Å². The molecule has 0 saturated heterocycles. The molecule has 1 aliphatic rings. The summed E-state index contributed by atoms with van der Waals surface area (Å²) in [6, 6.07) is 12.1. The van der Waals surface area contributed by atoms with Crippen LogP contribution >= 0.6 is 11.6 Å². The summed E-state index contributed by atoms with van der Waals surface area (Å²) in [5, 5.41) is 8.29. The molecule has 0 aliphatic carbocycles. The third-order valence-electron chi connectivity index (χ3n) is 4.96. The van der Waals surface area contributed by atoms with Gasteiger partial charge in [0.25, 0.3) is 0 Å². The number of hydrogen-bond acceptors (Lipinski definition) is 6. The second kappa shape index (κ2) is 7.72. The molecule has 1 amide bonds. The molecule has 0 radical (unpaired) electrons. The highest BCUT2D eigenvalue weighted by Gasteiger charge is 2.34. The molecule has 0 bridgehead atoms. The smallest absolute Gasteiger partial charge is 0.248 e. The van der Waals surface area contributed by atoms with Crippen molar-refractivity contribution in [2.24, 2.45) is 5.73 Å². The molecule has 154 valence electrons. The number of amides is 1. The second-order valence-electron chi connectivity index (χ2n) is 6.73. The van der Waals surface area contributed by atoms with E-state index in [-0.39, 0.29) is 0 Å². The summed E-state index contributed by atoms with van der Waals surface area (Å²) in [4.78, 5) is 16.9. The first kappa shape index (κ1) is 19.8. The average molecular weight is 426 g/mol. The van der Waals surface area contributed by atoms with Crippen LogP contribution in [0.5, 0.6) is 11.5 Å². The van der Waals surface area contributed by atoms with Gasteiger partial charge in [-0.15, -0.1) is 5.10 Å². The second-order valence-corrected chi connectivity index (χ2v) is 7.13. The van der Waals surface area contributed by atoms with E-state index in [0.717, 1.165) is 5.56 Å². The number of aromatic nitrogens is 3. The summed E-state index contributed by atoms with van der Waals surface area (Å²) >= 11 is 6.45. The summed E-state index contributed by atoms with van der Waals surface area (Å²) in [7, 11) is 3.14. The number of anilines is 1. The minimum Gasteiger partial charge on any atom is -0.493 e. The fourth-order valence-corrected chi connectivity index (χ4v) is 3.79. The zero-order valence-corrected chi connectivity index (χ0v) is 17.4. The quantitative estimate of drug-likeness (QED) is 0.649. The van der Waals surface area contributed by atoms with Crippen molar-refractivity contribution < 1.29 is 14.3 Å². The number of fused-ring (bicyclic) bond motifs is 1. The van der Waals surface area contributed by atoms with Crippen LogP contribution in [0.3, 0.4) is 0 Å². The molecule has 2 aromatic carbocycles. The predicted molar refractivity (Wildman–Crippen MR) is 114 cm³/mol. The fraction of sp³-hybridized carbons (Fsp3) is 0.190. The molecule has 8 nitrogen and oxygen atoms in total. The Bertz CT molecular complexity index is 1170. The van der Waals surface area contributed by atoms with E-state index in [1.54, 1.807) is 44.0 Å². The summed E-state index contributed by atoms with van der Waals surface area (Å²) in [6.07, 6.45) is 0. The van der Waals surface area contributed by atoms with E-state index >= 15 is 0 Å². The van der Waals surface area contributed by atoms with Crippen LogP contribution in [0.2, 0.25) is 5.02 Å². The summed E-state index contributed by atoms with van der Waals surface area (Å²) in [5.74, 6) is 1.54. The maximum Gasteiger partial charge on any atom is 0.248 e. The highest BCUT2D eigenvalue weighted by molar-refractivity contribution is 6.31. The average Bonchev–Trinajstić information content (AvgIpc) is 3.16. The van der Waals surface area contributed by atoms with E-state index in [1.807, 2.05) is 24.3 Å². The lowest BCUT2D eigenvalue weighted by Crippen LogP contribution is -2.32. The maximum atomic E-state index is 12.3. The van der Waals surface area contributed by atoms with E-state index in [9.17, 15) is 4.79 Å². The van der Waals surface area contributed by atoms with Crippen LogP contribution in [0.1, 0.15) is 18.5 Å². The van der Waals surface area contributed by atoms with Gasteiger partial charge in [0.05, 0.1) is 19.8 Å². The fourth-order valence-electron chi connectivity index (χ4n) is 3.55. The number of allylic oxidation sites excluding steroid dienone is 1. The first-order valence-corrected chi connectivity index (χ1v) is 9.53. The van der Waals surface area contributed by atoms with Crippen molar-refractivity contribution in [2.45, 2.75) is 13.0 Å². The minimum atomic E-state index is -0.603. The first-order valence-electron chi connectivity index (χ1n) is 9.15. The van der Waals surface area contributed by atoms with Gasteiger partial charge in [0.2, 0.25) is 11.9 Å². The highest BCUT2D eigenvalue weighted by atomic mass is 35.5. The van der Waals surface area contributed by atoms with E-state index in [0.29, 0.717) is 45.1 Å². The van der Waals surface area contributed by atoms with Gasteiger partial charge in [-0.2, -0.15) is 4.98 Å². The molecule has 0 saturated carbocycles. The number of nitrogens with zero attached hydrogens (tertiary/aromatic N) is 3. The zero-order valence-electron chi connectivity index (χ0n) is 16.6. The Labute approximate surface area is 178 Å². The van der Waals surface area contributed by atoms with Gasteiger partial charge in [0.15, 0.2) is 17.3 Å². The van der Waals surface area contributed by atoms with E-state index in [1.165, 1.54) is 0 Å². The lowest BCUT2D eigenvalue weighted by atomic mass is 9.95. The van der Waals surface area contributed by atoms with Crippen molar-refractivity contribution >= 4 is 23.5 Å². The van der Waals surface area contributed by atoms with Crippen molar-refractivity contribution in [1.82, 2.24) is 14.8 Å². The lowest BCUT2D eigenvalue weighted by molar-refractivity contribution is -0.115. The summed E-state index contributed by atoms with van der Waals surface area (Å²) < 4.78 is 12.3. The maximum absolute atomic E-state index is 12.3. The molecular formula is C21H20ClN5O3. The van der Waals surface area contributed by atoms with Crippen LogP contribution in [0.15, 0.2) is 53.7 Å². The van der Waals surface area contributed by atoms with Crippen LogP contribution in [0.4, 0.5) is 5.95 Å². The van der Waals surface area contributed by atoms with Crippen LogP contribution in [-0.2, 0) is 4.79 Å². The van der Waals surface area contributed by atoms with Crippen LogP contribution in [0, 0.1) is 0 Å². The summed E-state index contributed by atoms with van der Waals surface area (Å²) in [5.41, 5.74) is 8.12. The number of halogens is 1. The SMILES string of the molecule is COc1ccc(-c2nc3n(n2)[C@@H](c2ccccc2Cl)C(C(N)=O)=C(C)N3)cc1OC. The normalized spacial score (nSPS) is 15.4. The van der Waals surface area contributed by atoms with Crippen molar-refractivity contribution in [1.29, 1.82) is 0 Å². The number of methoxy groups -OCH3 is 2. The number of benzene rings is 2. The molecule has 0 spiro atoms. The highest BCUT2D eigenvalue weighted by Crippen LogP contribution is 2.39. The molecule has 30 heavy (non-hydrogen) atoms. The minimum absolute atomic E-state index is 0.374. The Morgan fingerprint density at radius 2 is 1.90 bits per heavy atom. The van der Waals surface area contributed by atoms with Crippen molar-refractivity contribution in [3.05, 3.63) is 64.3 Å². The number of nitrogens with two attached hydrogens (primary N) is 1. The molecular weight excluding hydrogens is 406 g/mol. The zero-order chi connectivity index (χ0) is 21.4. The topological polar surface area (TPSA) is 104 Å². The largest absolute Gasteiger partial charge is 0.493 e. The first-order chi connectivity index (χ1) is 14.4. The molecule has 3 N–H and O–H groups in total. The van der Waals surface area contributed by atoms with Gasteiger partial charge < -0.3 is 20.5 Å². The monoisotopic (exact) mass is 425 g/mol. The Kier molecular flexibility index (Phi) is 5.09. The Morgan fingerprint density at radius 1 is 1.17 bits per heavy atom. The van der Waals surface area contributed by atoms with Crippen LogP contribution < -0.4 is 20.5 Å². The molecule has 1 atom stereocenters. The van der Waals surface area contributed by atoms with Gasteiger partial charge in [0, 0.05) is 21.8 Å². The van der Waals surface area contributed by atoms with Crippen molar-refractivity contribution in [2.75, 3.05) is 19.5 Å². The van der Waals surface area contributed by atoms with Crippen molar-refractivity contribution in [3.8, 4) is 22.9 Å². The van der Waals surface area contributed by atoms with E-state index in [2.05, 4.69) is 15.4 Å². The Morgan fingerprint density at radius 3 is 2.57 bits per heavy atom. The van der Waals surface area contributed by atoms with Gasteiger partial charge in [0.1, 0.15) is 6.04 Å². The van der Waals surface area contributed by atoms with E-state index < -0.39 is 11.9 Å². The number of carbonyl (C=O) groups excluding carboxylic acids is 1. The molecule has 3 aromatic rings. The molecule has 2 heterocycles. The Hall–Kier alpha value is -3.52. The molecule has 4 rings (SSSR count). The Balaban J connectivity index is 1.87. The lowest BCUT2D eigenvalue weighted by Gasteiger charge is -2.28. The number of ether oxygens (including phenoxy) is 2. The third-order valence-corrected chi connectivity index (χ3v) is 5.30. The number of rotatable bonds is 5. The van der Waals surface area contributed by atoms with Gasteiger partial charge in [-0.05, 0) is 31.2 Å². The van der Waals surface area contributed by atoms with Crippen LogP contribution in [0.25, 0.3) is 11.4 Å². The number of nitrogens with one attached hydrogen (secondary N) is 1. The summed E-state index contributed by atoms with van der Waals surface area (Å²) in [6.45, 7) is 1.78. The molecule has 0 fully saturated rings. The van der Waals surface area contributed by atoms with Gasteiger partial charge >= 0.3 is 0 Å². The number of hydrogen-bond donors (Lipinski definition) is 2. The molecule has 9 heteroatoms. The van der Waals surface area contributed by atoms with Gasteiger partial charge in [-0.3, -0.25) is 4.79 Å². The molecule has 1 aromatic heterocycles. The van der Waals surface area contributed by atoms with Crippen LogP contribution in [-0.4, -0.2) is 34.9 Å². The number of primary amides is 1. The number of carbonyl (C=O) groups is 1. The standard InChI is InChI=1S/C21H20ClN5O3/c1-11-17(19(23)28)18(13-6-4-5-7-14(13)22)27-21(24-11)25-20(26-27)12-8-9-15(29-2)16(10-12)30-3/h4-10,18H,1-3H3,(H2,23,28)(H,24,25,26)/t18-/m0/s1. The van der Waals surface area contributed by atoms with Gasteiger partial charge in [-0.1, -0.05) is 29.8 Å². The van der Waals surface area contributed by atoms with Crippen molar-refractivity contribution in [3.63, 3.8) is 0 Å². The third kappa shape index (κ3) is 3.25.